The van der Waals surface area contributed by atoms with Gasteiger partial charge in [-0.05, 0) is 32.9 Å². The maximum Gasteiger partial charge on any atom is 0.191 e. The molecule has 0 amide bonds. The lowest BCUT2D eigenvalue weighted by Crippen LogP contribution is -2.40. The molecule has 1 aromatic heterocycles. The largest absolute Gasteiger partial charge is 0.354 e. The van der Waals surface area contributed by atoms with Crippen molar-refractivity contribution in [2.45, 2.75) is 33.4 Å². The topological polar surface area (TPSA) is 36.4 Å². The molecule has 15 heavy (non-hydrogen) atoms. The molecule has 1 heterocycles. The van der Waals surface area contributed by atoms with E-state index in [1.807, 2.05) is 11.3 Å². The monoisotopic (exact) mass is 225 g/mol. The first-order chi connectivity index (χ1) is 7.11. The van der Waals surface area contributed by atoms with Crippen molar-refractivity contribution in [2.75, 3.05) is 7.05 Å². The second-order valence-corrected chi connectivity index (χ2v) is 5.11. The number of hydrogen-bond acceptors (Lipinski definition) is 2. The maximum absolute atomic E-state index is 4.15. The van der Waals surface area contributed by atoms with E-state index < -0.39 is 0 Å². The first kappa shape index (κ1) is 12.0. The van der Waals surface area contributed by atoms with Gasteiger partial charge in [0.05, 0.1) is 6.54 Å². The summed E-state index contributed by atoms with van der Waals surface area (Å²) in [6.45, 7) is 7.16. The van der Waals surface area contributed by atoms with Crippen molar-refractivity contribution in [1.82, 2.24) is 10.6 Å². The van der Waals surface area contributed by atoms with Gasteiger partial charge in [0.1, 0.15) is 0 Å². The van der Waals surface area contributed by atoms with Crippen LogP contribution in [0.1, 0.15) is 23.6 Å². The molecule has 0 spiro atoms. The quantitative estimate of drug-likeness (QED) is 0.611. The molecule has 2 N–H and O–H groups in total. The van der Waals surface area contributed by atoms with E-state index in [1.165, 1.54) is 9.75 Å². The van der Waals surface area contributed by atoms with Crippen LogP contribution in [0, 0.1) is 6.92 Å². The summed E-state index contributed by atoms with van der Waals surface area (Å²) in [5, 5.41) is 6.53. The zero-order valence-corrected chi connectivity index (χ0v) is 10.6. The van der Waals surface area contributed by atoms with Crippen molar-refractivity contribution in [3.05, 3.63) is 21.9 Å². The van der Waals surface area contributed by atoms with Crippen LogP contribution in [-0.2, 0) is 6.54 Å². The lowest BCUT2D eigenvalue weighted by atomic mass is 10.4. The molecule has 0 fully saturated rings. The predicted molar refractivity (Wildman–Crippen MR) is 67.5 cm³/mol. The number of nitrogens with one attached hydrogen (secondary N) is 2. The normalized spacial score (nSPS) is 11.9. The van der Waals surface area contributed by atoms with Gasteiger partial charge in [0.25, 0.3) is 0 Å². The fourth-order valence-electron chi connectivity index (χ4n) is 1.22. The fourth-order valence-corrected chi connectivity index (χ4v) is 2.05. The summed E-state index contributed by atoms with van der Waals surface area (Å²) in [6, 6.07) is 4.69. The number of thiophene rings is 1. The summed E-state index contributed by atoms with van der Waals surface area (Å²) in [7, 11) is 1.79. The minimum absolute atomic E-state index is 0.404. The van der Waals surface area contributed by atoms with Crippen LogP contribution in [0.3, 0.4) is 0 Å². The standard InChI is InChI=1S/C11H19N3S/c1-8(2)14-11(12-4)13-7-10-6-5-9(3)15-10/h5-6,8H,7H2,1-4H3,(H2,12,13,14). The molecule has 0 saturated heterocycles. The van der Waals surface area contributed by atoms with Crippen LogP contribution in [-0.4, -0.2) is 19.0 Å². The lowest BCUT2D eigenvalue weighted by molar-refractivity contribution is 0.701. The molecule has 0 atom stereocenters. The van der Waals surface area contributed by atoms with Gasteiger partial charge in [-0.2, -0.15) is 0 Å². The smallest absolute Gasteiger partial charge is 0.191 e. The third-order valence-electron chi connectivity index (χ3n) is 1.88. The van der Waals surface area contributed by atoms with Crippen LogP contribution >= 0.6 is 11.3 Å². The van der Waals surface area contributed by atoms with E-state index in [4.69, 9.17) is 0 Å². The van der Waals surface area contributed by atoms with E-state index in [0.717, 1.165) is 12.5 Å². The summed E-state index contributed by atoms with van der Waals surface area (Å²) in [5.74, 6) is 0.857. The van der Waals surface area contributed by atoms with Crippen molar-refractivity contribution in [3.8, 4) is 0 Å². The first-order valence-corrected chi connectivity index (χ1v) is 5.96. The molecular formula is C11H19N3S. The molecule has 84 valence electrons. The van der Waals surface area contributed by atoms with Gasteiger partial charge in [-0.1, -0.05) is 0 Å². The maximum atomic E-state index is 4.15. The Hall–Kier alpha value is -1.03. The van der Waals surface area contributed by atoms with Crippen LogP contribution < -0.4 is 10.6 Å². The van der Waals surface area contributed by atoms with Crippen molar-refractivity contribution in [2.24, 2.45) is 4.99 Å². The van der Waals surface area contributed by atoms with Crippen LogP contribution in [0.4, 0.5) is 0 Å². The van der Waals surface area contributed by atoms with Crippen molar-refractivity contribution < 1.29 is 0 Å². The highest BCUT2D eigenvalue weighted by atomic mass is 32.1. The Morgan fingerprint density at radius 2 is 2.20 bits per heavy atom. The summed E-state index contributed by atoms with van der Waals surface area (Å²) in [6.07, 6.45) is 0. The highest BCUT2D eigenvalue weighted by Gasteiger charge is 2.01. The molecule has 4 heteroatoms. The Morgan fingerprint density at radius 3 is 2.67 bits per heavy atom. The van der Waals surface area contributed by atoms with E-state index in [0.29, 0.717) is 6.04 Å². The van der Waals surface area contributed by atoms with Crippen LogP contribution in [0.25, 0.3) is 0 Å². The third-order valence-corrected chi connectivity index (χ3v) is 2.88. The first-order valence-electron chi connectivity index (χ1n) is 5.14. The Morgan fingerprint density at radius 1 is 1.47 bits per heavy atom. The minimum atomic E-state index is 0.404. The van der Waals surface area contributed by atoms with E-state index >= 15 is 0 Å². The van der Waals surface area contributed by atoms with Gasteiger partial charge in [-0.15, -0.1) is 11.3 Å². The lowest BCUT2D eigenvalue weighted by Gasteiger charge is -2.13. The van der Waals surface area contributed by atoms with Gasteiger partial charge < -0.3 is 10.6 Å². The molecule has 0 radical (unpaired) electrons. The molecular weight excluding hydrogens is 206 g/mol. The van der Waals surface area contributed by atoms with Gasteiger partial charge in [0.2, 0.25) is 0 Å². The molecule has 3 nitrogen and oxygen atoms in total. The van der Waals surface area contributed by atoms with Crippen LogP contribution in [0.2, 0.25) is 0 Å². The van der Waals surface area contributed by atoms with E-state index in [2.05, 4.69) is 48.5 Å². The van der Waals surface area contributed by atoms with Crippen molar-refractivity contribution in [1.29, 1.82) is 0 Å². The Bertz CT molecular complexity index is 328. The van der Waals surface area contributed by atoms with Crippen LogP contribution in [0.5, 0.6) is 0 Å². The number of guanidine groups is 1. The fraction of sp³-hybridized carbons (Fsp3) is 0.545. The summed E-state index contributed by atoms with van der Waals surface area (Å²) >= 11 is 1.81. The second-order valence-electron chi connectivity index (χ2n) is 3.74. The molecule has 0 aliphatic rings. The van der Waals surface area contributed by atoms with Crippen LogP contribution in [0.15, 0.2) is 17.1 Å². The summed E-state index contributed by atoms with van der Waals surface area (Å²) < 4.78 is 0. The predicted octanol–water partition coefficient (Wildman–Crippen LogP) is 2.13. The number of hydrogen-bond donors (Lipinski definition) is 2. The van der Waals surface area contributed by atoms with E-state index in [-0.39, 0.29) is 0 Å². The third kappa shape index (κ3) is 4.34. The molecule has 0 bridgehead atoms. The van der Waals surface area contributed by atoms with Gasteiger partial charge in [-0.3, -0.25) is 4.99 Å². The van der Waals surface area contributed by atoms with Gasteiger partial charge in [-0.25, -0.2) is 0 Å². The van der Waals surface area contributed by atoms with Gasteiger partial charge in [0.15, 0.2) is 5.96 Å². The molecule has 0 aromatic carbocycles. The zero-order valence-electron chi connectivity index (χ0n) is 9.79. The highest BCUT2D eigenvalue weighted by Crippen LogP contribution is 2.14. The van der Waals surface area contributed by atoms with Gasteiger partial charge in [0, 0.05) is 22.8 Å². The number of rotatable bonds is 3. The molecule has 0 unspecified atom stereocenters. The summed E-state index contributed by atoms with van der Waals surface area (Å²) in [4.78, 5) is 6.83. The molecule has 1 rings (SSSR count). The SMILES string of the molecule is CN=C(NCc1ccc(C)s1)NC(C)C. The summed E-state index contributed by atoms with van der Waals surface area (Å²) in [5.41, 5.74) is 0. The van der Waals surface area contributed by atoms with E-state index in [1.54, 1.807) is 7.05 Å². The van der Waals surface area contributed by atoms with Crippen molar-refractivity contribution >= 4 is 17.3 Å². The van der Waals surface area contributed by atoms with E-state index in [9.17, 15) is 0 Å². The average Bonchev–Trinajstić information content (AvgIpc) is 2.58. The Balaban J connectivity index is 2.41. The number of aliphatic imine (C=N–C) groups is 1. The average molecular weight is 225 g/mol. The van der Waals surface area contributed by atoms with Gasteiger partial charge >= 0.3 is 0 Å². The Labute approximate surface area is 95.6 Å². The second kappa shape index (κ2) is 5.75. The van der Waals surface area contributed by atoms with Crippen molar-refractivity contribution in [3.63, 3.8) is 0 Å². The Kier molecular flexibility index (Phi) is 4.62. The highest BCUT2D eigenvalue weighted by molar-refractivity contribution is 7.11. The molecule has 0 aliphatic heterocycles. The molecule has 0 aliphatic carbocycles. The number of nitrogens with zero attached hydrogens (tertiary/aromatic N) is 1. The minimum Gasteiger partial charge on any atom is -0.354 e. The molecule has 0 saturated carbocycles. The zero-order chi connectivity index (χ0) is 11.3. The molecule has 1 aromatic rings. The number of aryl methyl sites for hydroxylation is 1.